The van der Waals surface area contributed by atoms with Crippen molar-refractivity contribution in [3.05, 3.63) is 230 Å². The first-order chi connectivity index (χ1) is 35.2. The van der Waals surface area contributed by atoms with E-state index < -0.39 is 0 Å². The first-order valence-electron chi connectivity index (χ1n) is 24.8. The van der Waals surface area contributed by atoms with Gasteiger partial charge in [-0.15, -0.1) is 11.3 Å². The quantitative estimate of drug-likeness (QED) is 0.160. The molecule has 0 bridgehead atoms. The molecule has 0 N–H and O–H groups in total. The van der Waals surface area contributed by atoms with Gasteiger partial charge in [0.05, 0.1) is 24.9 Å². The molecule has 0 spiro atoms. The van der Waals surface area contributed by atoms with E-state index >= 15 is 0 Å². The van der Waals surface area contributed by atoms with Gasteiger partial charge in [0, 0.05) is 58.8 Å². The van der Waals surface area contributed by atoms with Gasteiger partial charge >= 0.3 is 0 Å². The van der Waals surface area contributed by atoms with Crippen molar-refractivity contribution in [1.29, 1.82) is 0 Å². The standard InChI is InChI=1S/C61H38N4S/c1-3-17-39(18-4-1)59-62-60(40-19-5-2-6-20-40)64-61(63-59)43-22-15-21-41(37-43)44-34-35-45(47-24-8-7-23-46(44)47)42-33-36-56(65-54-30-12-9-25-48(54)49-26-10-13-31-55(49)65)53(38-42)52-29-16-28-51-50-27-11-14-32-57(50)66-58(51)52/h1-38H/i9D,10D,25D,26D,30D,31D. The summed E-state index contributed by atoms with van der Waals surface area (Å²) in [4.78, 5) is 14.9. The second-order valence-electron chi connectivity index (χ2n) is 16.2. The Kier molecular flexibility index (Phi) is 7.62. The number of nitrogens with zero attached hydrogens (tertiary/aromatic N) is 4. The fraction of sp³-hybridized carbons (Fsp3) is 0. The zero-order chi connectivity index (χ0) is 48.8. The normalized spacial score (nSPS) is 12.9. The van der Waals surface area contributed by atoms with Gasteiger partial charge in [0.25, 0.3) is 0 Å². The minimum Gasteiger partial charge on any atom is -0.309 e. The van der Waals surface area contributed by atoms with Crippen molar-refractivity contribution in [3.8, 4) is 73.2 Å². The summed E-state index contributed by atoms with van der Waals surface area (Å²) in [5, 5.41) is 4.79. The van der Waals surface area contributed by atoms with Gasteiger partial charge in [-0.25, -0.2) is 15.0 Å². The Bertz CT molecular complexity index is 4230. The molecule has 3 aromatic heterocycles. The molecule has 0 radical (unpaired) electrons. The van der Waals surface area contributed by atoms with Crippen molar-refractivity contribution in [2.24, 2.45) is 0 Å². The molecule has 0 atom stereocenters. The molecule has 0 unspecified atom stereocenters. The van der Waals surface area contributed by atoms with Crippen molar-refractivity contribution >= 4 is 64.1 Å². The monoisotopic (exact) mass is 864 g/mol. The Morgan fingerprint density at radius 1 is 0.348 bits per heavy atom. The maximum Gasteiger partial charge on any atom is 0.164 e. The number of fused-ring (bicyclic) bond motifs is 7. The van der Waals surface area contributed by atoms with E-state index in [0.717, 1.165) is 81.0 Å². The molecule has 13 rings (SSSR count). The molecule has 0 saturated carbocycles. The van der Waals surface area contributed by atoms with Crippen molar-refractivity contribution in [2.75, 3.05) is 0 Å². The predicted molar refractivity (Wildman–Crippen MR) is 277 cm³/mol. The third kappa shape index (κ3) is 6.32. The molecule has 0 amide bonds. The van der Waals surface area contributed by atoms with Crippen LogP contribution in [-0.2, 0) is 0 Å². The molecule has 0 saturated heterocycles. The Hall–Kier alpha value is -8.51. The van der Waals surface area contributed by atoms with E-state index in [4.69, 9.17) is 20.4 Å². The third-order valence-corrected chi connectivity index (χ3v) is 13.6. The van der Waals surface area contributed by atoms with Crippen LogP contribution in [0.5, 0.6) is 0 Å². The van der Waals surface area contributed by atoms with Gasteiger partial charge in [0.2, 0.25) is 0 Å². The lowest BCUT2D eigenvalue weighted by Crippen LogP contribution is -2.00. The van der Waals surface area contributed by atoms with Crippen LogP contribution in [0, 0.1) is 0 Å². The van der Waals surface area contributed by atoms with Gasteiger partial charge in [-0.1, -0.05) is 194 Å². The molecular formula is C61H38N4S. The lowest BCUT2D eigenvalue weighted by atomic mass is 9.90. The molecular weight excluding hydrogens is 821 g/mol. The van der Waals surface area contributed by atoms with Crippen LogP contribution >= 0.6 is 11.3 Å². The van der Waals surface area contributed by atoms with Crippen LogP contribution in [0.25, 0.3) is 126 Å². The van der Waals surface area contributed by atoms with Gasteiger partial charge in [-0.3, -0.25) is 0 Å². The molecule has 0 fully saturated rings. The average molecular weight is 865 g/mol. The van der Waals surface area contributed by atoms with E-state index in [0.29, 0.717) is 34.2 Å². The van der Waals surface area contributed by atoms with Crippen molar-refractivity contribution in [2.45, 2.75) is 0 Å². The van der Waals surface area contributed by atoms with E-state index in [9.17, 15) is 2.74 Å². The molecule has 308 valence electrons. The van der Waals surface area contributed by atoms with Crippen LogP contribution in [0.15, 0.2) is 230 Å². The summed E-state index contributed by atoms with van der Waals surface area (Å²) in [7, 11) is 0. The third-order valence-electron chi connectivity index (χ3n) is 12.4. The maximum absolute atomic E-state index is 9.31. The SMILES string of the molecule is [2H]c1cc([2H])c2c(c1[2H])c1c([2H])c([2H])cc([2H])c1n2-c1ccc(-c2ccc(-c3cccc(-c4nc(-c5ccccc5)nc(-c5ccccc5)n4)c3)c3ccccc23)cc1-c1cccc2c1sc1ccccc12. The number of rotatable bonds is 7. The maximum atomic E-state index is 9.31. The smallest absolute Gasteiger partial charge is 0.164 e. The minimum atomic E-state index is -0.152. The summed E-state index contributed by atoms with van der Waals surface area (Å²) < 4.78 is 58.1. The molecule has 5 heteroatoms. The lowest BCUT2D eigenvalue weighted by molar-refractivity contribution is 1.07. The highest BCUT2D eigenvalue weighted by Gasteiger charge is 2.21. The van der Waals surface area contributed by atoms with E-state index in [-0.39, 0.29) is 47.0 Å². The zero-order valence-corrected chi connectivity index (χ0v) is 36.0. The van der Waals surface area contributed by atoms with E-state index in [2.05, 4.69) is 97.1 Å². The van der Waals surface area contributed by atoms with Gasteiger partial charge in [-0.05, 0) is 69.4 Å². The number of thiophene rings is 1. The molecule has 3 heterocycles. The zero-order valence-electron chi connectivity index (χ0n) is 41.2. The van der Waals surface area contributed by atoms with Gasteiger partial charge < -0.3 is 4.57 Å². The van der Waals surface area contributed by atoms with Gasteiger partial charge in [-0.2, -0.15) is 0 Å². The van der Waals surface area contributed by atoms with Gasteiger partial charge in [0.1, 0.15) is 0 Å². The summed E-state index contributed by atoms with van der Waals surface area (Å²) in [5.41, 5.74) is 9.72. The van der Waals surface area contributed by atoms with Crippen LogP contribution in [0.2, 0.25) is 0 Å². The van der Waals surface area contributed by atoms with Crippen molar-refractivity contribution in [3.63, 3.8) is 0 Å². The highest BCUT2D eigenvalue weighted by Crippen LogP contribution is 2.45. The van der Waals surface area contributed by atoms with E-state index in [1.54, 1.807) is 11.3 Å². The molecule has 0 aliphatic carbocycles. The number of benzene rings is 10. The van der Waals surface area contributed by atoms with Crippen LogP contribution in [0.1, 0.15) is 8.22 Å². The average Bonchev–Trinajstić information content (AvgIpc) is 4.00. The minimum absolute atomic E-state index is 0.00274. The summed E-state index contributed by atoms with van der Waals surface area (Å²) in [6.45, 7) is 0. The predicted octanol–water partition coefficient (Wildman–Crippen LogP) is 16.5. The Morgan fingerprint density at radius 3 is 1.52 bits per heavy atom. The Balaban J connectivity index is 1.02. The van der Waals surface area contributed by atoms with Gasteiger partial charge in [0.15, 0.2) is 17.5 Å². The second kappa shape index (κ2) is 15.6. The second-order valence-corrected chi connectivity index (χ2v) is 17.3. The largest absolute Gasteiger partial charge is 0.309 e. The summed E-state index contributed by atoms with van der Waals surface area (Å²) in [6, 6.07) is 64.1. The molecule has 10 aromatic carbocycles. The summed E-state index contributed by atoms with van der Waals surface area (Å²) >= 11 is 1.71. The summed E-state index contributed by atoms with van der Waals surface area (Å²) in [6.07, 6.45) is 0. The Labute approximate surface area is 393 Å². The van der Waals surface area contributed by atoms with Crippen LogP contribution < -0.4 is 0 Å². The first-order valence-corrected chi connectivity index (χ1v) is 22.6. The van der Waals surface area contributed by atoms with Crippen molar-refractivity contribution in [1.82, 2.24) is 19.5 Å². The van der Waals surface area contributed by atoms with Crippen LogP contribution in [-0.4, -0.2) is 19.5 Å². The molecule has 13 aromatic rings. The number of hydrogen-bond donors (Lipinski definition) is 0. The lowest BCUT2D eigenvalue weighted by Gasteiger charge is -2.18. The van der Waals surface area contributed by atoms with Crippen LogP contribution in [0.3, 0.4) is 0 Å². The van der Waals surface area contributed by atoms with E-state index in [1.165, 1.54) is 12.1 Å². The highest BCUT2D eigenvalue weighted by molar-refractivity contribution is 7.26. The van der Waals surface area contributed by atoms with Crippen molar-refractivity contribution < 1.29 is 8.22 Å². The Morgan fingerprint density at radius 2 is 0.864 bits per heavy atom. The summed E-state index contributed by atoms with van der Waals surface area (Å²) in [5.74, 6) is 1.76. The highest BCUT2D eigenvalue weighted by atomic mass is 32.1. The topological polar surface area (TPSA) is 43.6 Å². The van der Waals surface area contributed by atoms with Crippen LogP contribution in [0.4, 0.5) is 0 Å². The number of aromatic nitrogens is 4. The molecule has 66 heavy (non-hydrogen) atoms. The number of para-hydroxylation sites is 2. The van der Waals surface area contributed by atoms with E-state index in [1.807, 2.05) is 89.5 Å². The number of hydrogen-bond acceptors (Lipinski definition) is 4. The first kappa shape index (κ1) is 32.2. The molecule has 4 nitrogen and oxygen atoms in total. The molecule has 0 aliphatic rings. The fourth-order valence-electron chi connectivity index (χ4n) is 9.39. The fourth-order valence-corrected chi connectivity index (χ4v) is 10.6. The molecule has 0 aliphatic heterocycles.